The standard InChI is InChI=1S/C15H19ClN2O/c1-11-6-12(8-13(16)7-11)14(19)18-5-3-15(10-18)2-4-17-9-15/h6-8,17H,2-5,9-10H2,1H3. The summed E-state index contributed by atoms with van der Waals surface area (Å²) >= 11 is 6.04. The van der Waals surface area contributed by atoms with E-state index in [-0.39, 0.29) is 5.91 Å². The van der Waals surface area contributed by atoms with Gasteiger partial charge in [-0.2, -0.15) is 0 Å². The Hall–Kier alpha value is -1.06. The normalized spacial score (nSPS) is 26.3. The second-order valence-corrected chi connectivity index (χ2v) is 6.36. The van der Waals surface area contributed by atoms with Crippen molar-refractivity contribution in [1.82, 2.24) is 10.2 Å². The fraction of sp³-hybridized carbons (Fsp3) is 0.533. The van der Waals surface area contributed by atoms with Crippen LogP contribution < -0.4 is 5.32 Å². The number of nitrogens with one attached hydrogen (secondary N) is 1. The lowest BCUT2D eigenvalue weighted by Crippen LogP contribution is -2.33. The van der Waals surface area contributed by atoms with Gasteiger partial charge in [-0.1, -0.05) is 11.6 Å². The highest BCUT2D eigenvalue weighted by molar-refractivity contribution is 6.31. The summed E-state index contributed by atoms with van der Waals surface area (Å²) in [5.74, 6) is 0.120. The van der Waals surface area contributed by atoms with Crippen LogP contribution in [-0.4, -0.2) is 37.0 Å². The van der Waals surface area contributed by atoms with Crippen LogP contribution in [0.15, 0.2) is 18.2 Å². The van der Waals surface area contributed by atoms with E-state index in [9.17, 15) is 4.79 Å². The van der Waals surface area contributed by atoms with Gasteiger partial charge in [0.25, 0.3) is 5.91 Å². The molecule has 2 aliphatic rings. The monoisotopic (exact) mass is 278 g/mol. The lowest BCUT2D eigenvalue weighted by atomic mass is 9.86. The van der Waals surface area contributed by atoms with E-state index in [0.717, 1.165) is 38.2 Å². The van der Waals surface area contributed by atoms with E-state index in [0.29, 0.717) is 16.0 Å². The van der Waals surface area contributed by atoms with Crippen molar-refractivity contribution in [3.05, 3.63) is 34.3 Å². The fourth-order valence-corrected chi connectivity index (χ4v) is 3.58. The van der Waals surface area contributed by atoms with Crippen molar-refractivity contribution < 1.29 is 4.79 Å². The van der Waals surface area contributed by atoms with E-state index in [1.165, 1.54) is 6.42 Å². The highest BCUT2D eigenvalue weighted by atomic mass is 35.5. The van der Waals surface area contributed by atoms with Crippen molar-refractivity contribution in [2.45, 2.75) is 19.8 Å². The number of rotatable bonds is 1. The molecule has 4 heteroatoms. The van der Waals surface area contributed by atoms with Gasteiger partial charge in [-0.15, -0.1) is 0 Å². The number of likely N-dealkylation sites (tertiary alicyclic amines) is 1. The molecule has 2 heterocycles. The third kappa shape index (κ3) is 2.49. The van der Waals surface area contributed by atoms with Gasteiger partial charge in [0.15, 0.2) is 0 Å². The van der Waals surface area contributed by atoms with Crippen LogP contribution in [0.2, 0.25) is 5.02 Å². The van der Waals surface area contributed by atoms with Crippen molar-refractivity contribution in [2.24, 2.45) is 5.41 Å². The first-order valence-electron chi connectivity index (χ1n) is 6.85. The van der Waals surface area contributed by atoms with Crippen LogP contribution in [0.5, 0.6) is 0 Å². The fourth-order valence-electron chi connectivity index (χ4n) is 3.29. The zero-order valence-corrected chi connectivity index (χ0v) is 12.0. The Labute approximate surface area is 118 Å². The Kier molecular flexibility index (Phi) is 3.27. The van der Waals surface area contributed by atoms with Crippen LogP contribution in [0, 0.1) is 12.3 Å². The van der Waals surface area contributed by atoms with Gasteiger partial charge in [0.05, 0.1) is 0 Å². The highest BCUT2D eigenvalue weighted by Gasteiger charge is 2.41. The number of aryl methyl sites for hydroxylation is 1. The van der Waals surface area contributed by atoms with Crippen molar-refractivity contribution in [3.8, 4) is 0 Å². The van der Waals surface area contributed by atoms with Crippen LogP contribution in [0.4, 0.5) is 0 Å². The van der Waals surface area contributed by atoms with Crippen molar-refractivity contribution in [3.63, 3.8) is 0 Å². The topological polar surface area (TPSA) is 32.3 Å². The van der Waals surface area contributed by atoms with Gasteiger partial charge in [0, 0.05) is 35.6 Å². The third-order valence-electron chi connectivity index (χ3n) is 4.35. The SMILES string of the molecule is Cc1cc(Cl)cc(C(=O)N2CCC3(CCNC3)C2)c1. The molecule has 2 fully saturated rings. The Morgan fingerprint density at radius 3 is 2.89 bits per heavy atom. The molecule has 1 atom stereocenters. The van der Waals surface area contributed by atoms with Crippen LogP contribution in [0.3, 0.4) is 0 Å². The maximum Gasteiger partial charge on any atom is 0.253 e. The summed E-state index contributed by atoms with van der Waals surface area (Å²) < 4.78 is 0. The molecule has 3 rings (SSSR count). The number of nitrogens with zero attached hydrogens (tertiary/aromatic N) is 1. The van der Waals surface area contributed by atoms with E-state index in [4.69, 9.17) is 11.6 Å². The molecular weight excluding hydrogens is 260 g/mol. The molecule has 0 aromatic heterocycles. The number of hydrogen-bond acceptors (Lipinski definition) is 2. The average molecular weight is 279 g/mol. The molecule has 0 radical (unpaired) electrons. The van der Waals surface area contributed by atoms with Crippen molar-refractivity contribution >= 4 is 17.5 Å². The first-order valence-corrected chi connectivity index (χ1v) is 7.23. The number of benzene rings is 1. The predicted molar refractivity (Wildman–Crippen MR) is 76.6 cm³/mol. The minimum Gasteiger partial charge on any atom is -0.338 e. The van der Waals surface area contributed by atoms with Gasteiger partial charge in [-0.25, -0.2) is 0 Å². The maximum absolute atomic E-state index is 12.5. The molecule has 0 aliphatic carbocycles. The Morgan fingerprint density at radius 1 is 1.37 bits per heavy atom. The van der Waals surface area contributed by atoms with Gasteiger partial charge >= 0.3 is 0 Å². The first kappa shape index (κ1) is 12.9. The number of carbonyl (C=O) groups is 1. The molecule has 1 amide bonds. The van der Waals surface area contributed by atoms with E-state index in [1.807, 2.05) is 24.0 Å². The van der Waals surface area contributed by atoms with E-state index >= 15 is 0 Å². The summed E-state index contributed by atoms with van der Waals surface area (Å²) in [6.45, 7) is 5.84. The maximum atomic E-state index is 12.5. The summed E-state index contributed by atoms with van der Waals surface area (Å²) in [5.41, 5.74) is 2.07. The number of amides is 1. The van der Waals surface area contributed by atoms with Gasteiger partial charge < -0.3 is 10.2 Å². The minimum atomic E-state index is 0.120. The van der Waals surface area contributed by atoms with Crippen LogP contribution in [0.1, 0.15) is 28.8 Å². The predicted octanol–water partition coefficient (Wildman–Crippen LogP) is 2.47. The van der Waals surface area contributed by atoms with E-state index in [1.54, 1.807) is 6.07 Å². The lowest BCUT2D eigenvalue weighted by Gasteiger charge is -2.23. The summed E-state index contributed by atoms with van der Waals surface area (Å²) in [6.07, 6.45) is 2.30. The molecule has 2 saturated heterocycles. The third-order valence-corrected chi connectivity index (χ3v) is 4.56. The molecule has 1 unspecified atom stereocenters. The van der Waals surface area contributed by atoms with Crippen LogP contribution in [0.25, 0.3) is 0 Å². The Bertz CT molecular complexity index is 489. The molecule has 1 aromatic carbocycles. The number of hydrogen-bond donors (Lipinski definition) is 1. The molecule has 1 spiro atoms. The summed E-state index contributed by atoms with van der Waals surface area (Å²) in [6, 6.07) is 5.57. The molecular formula is C15H19ClN2O. The highest BCUT2D eigenvalue weighted by Crippen LogP contribution is 2.36. The van der Waals surface area contributed by atoms with Gasteiger partial charge in [-0.3, -0.25) is 4.79 Å². The molecule has 19 heavy (non-hydrogen) atoms. The first-order chi connectivity index (χ1) is 9.08. The summed E-state index contributed by atoms with van der Waals surface area (Å²) in [4.78, 5) is 14.5. The lowest BCUT2D eigenvalue weighted by molar-refractivity contribution is 0.0775. The Balaban J connectivity index is 1.77. The van der Waals surface area contributed by atoms with Gasteiger partial charge in [-0.05, 0) is 50.1 Å². The zero-order valence-electron chi connectivity index (χ0n) is 11.2. The molecule has 1 N–H and O–H groups in total. The van der Waals surface area contributed by atoms with Crippen LogP contribution in [-0.2, 0) is 0 Å². The molecule has 2 aliphatic heterocycles. The van der Waals surface area contributed by atoms with Gasteiger partial charge in [0.1, 0.15) is 0 Å². The number of carbonyl (C=O) groups excluding carboxylic acids is 1. The average Bonchev–Trinajstić information content (AvgIpc) is 2.98. The van der Waals surface area contributed by atoms with E-state index in [2.05, 4.69) is 5.32 Å². The second-order valence-electron chi connectivity index (χ2n) is 5.92. The smallest absolute Gasteiger partial charge is 0.253 e. The quantitative estimate of drug-likeness (QED) is 0.856. The molecule has 102 valence electrons. The van der Waals surface area contributed by atoms with Gasteiger partial charge in [0.2, 0.25) is 0 Å². The number of halogens is 1. The summed E-state index contributed by atoms with van der Waals surface area (Å²) in [7, 11) is 0. The molecule has 3 nitrogen and oxygen atoms in total. The molecule has 1 aromatic rings. The largest absolute Gasteiger partial charge is 0.338 e. The van der Waals surface area contributed by atoms with Crippen molar-refractivity contribution in [2.75, 3.05) is 26.2 Å². The Morgan fingerprint density at radius 2 is 2.21 bits per heavy atom. The second kappa shape index (κ2) is 4.80. The molecule has 0 saturated carbocycles. The minimum absolute atomic E-state index is 0.120. The summed E-state index contributed by atoms with van der Waals surface area (Å²) in [5, 5.41) is 4.05. The zero-order chi connectivity index (χ0) is 13.5. The van der Waals surface area contributed by atoms with Crippen molar-refractivity contribution in [1.29, 1.82) is 0 Å². The van der Waals surface area contributed by atoms with Crippen LogP contribution >= 0.6 is 11.6 Å². The van der Waals surface area contributed by atoms with E-state index < -0.39 is 0 Å². The molecule has 0 bridgehead atoms.